The molecule has 0 bridgehead atoms. The van der Waals surface area contributed by atoms with Crippen LogP contribution in [0.25, 0.3) is 5.57 Å². The molecule has 3 heteroatoms. The summed E-state index contributed by atoms with van der Waals surface area (Å²) in [6.45, 7) is 1.76. The number of carbonyl (C=O) groups is 1. The van der Waals surface area contributed by atoms with E-state index < -0.39 is 0 Å². The molecule has 0 heterocycles. The number of allylic oxidation sites excluding steroid dienone is 2. The second-order valence-corrected chi connectivity index (χ2v) is 6.10. The second-order valence-electron chi connectivity index (χ2n) is 6.10. The summed E-state index contributed by atoms with van der Waals surface area (Å²) in [5.41, 5.74) is 12.9. The number of hydrogen-bond donors (Lipinski definition) is 1. The third-order valence-electron chi connectivity index (χ3n) is 4.57. The van der Waals surface area contributed by atoms with E-state index >= 15 is 0 Å². The topological polar surface area (TPSA) is 46.3 Å². The highest BCUT2D eigenvalue weighted by atomic mass is 16.1. The van der Waals surface area contributed by atoms with Crippen molar-refractivity contribution in [3.8, 4) is 0 Å². The van der Waals surface area contributed by atoms with E-state index in [1.165, 1.54) is 24.0 Å². The van der Waals surface area contributed by atoms with Crippen LogP contribution in [0, 0.1) is 0 Å². The minimum absolute atomic E-state index is 0.537. The standard InChI is InChI=1S/C20H22N2O/c1-14(21)19(13-23)18-8-3-4-9-20(18)22(2)17-11-10-15-6-5-7-16(15)12-17/h3-4,8-13H,5-7,21H2,1-2H3/b19-14+. The summed E-state index contributed by atoms with van der Waals surface area (Å²) >= 11 is 0. The van der Waals surface area contributed by atoms with Crippen LogP contribution in [0.3, 0.4) is 0 Å². The number of nitrogens with zero attached hydrogens (tertiary/aromatic N) is 1. The number of aldehydes is 1. The summed E-state index contributed by atoms with van der Waals surface area (Å²) in [6.07, 6.45) is 4.41. The Labute approximate surface area is 137 Å². The molecule has 0 fully saturated rings. The number of para-hydroxylation sites is 1. The fraction of sp³-hybridized carbons (Fsp3) is 0.250. The summed E-state index contributed by atoms with van der Waals surface area (Å²) in [6, 6.07) is 14.5. The van der Waals surface area contributed by atoms with Gasteiger partial charge >= 0.3 is 0 Å². The van der Waals surface area contributed by atoms with Crippen molar-refractivity contribution in [2.75, 3.05) is 11.9 Å². The molecule has 0 atom stereocenters. The van der Waals surface area contributed by atoms with Crippen molar-refractivity contribution in [2.45, 2.75) is 26.2 Å². The van der Waals surface area contributed by atoms with E-state index in [0.29, 0.717) is 11.3 Å². The molecule has 2 N–H and O–H groups in total. The molecule has 0 unspecified atom stereocenters. The first-order chi connectivity index (χ1) is 11.1. The first-order valence-corrected chi connectivity index (χ1v) is 7.98. The summed E-state index contributed by atoms with van der Waals surface area (Å²) in [5, 5.41) is 0. The van der Waals surface area contributed by atoms with Crippen molar-refractivity contribution in [3.05, 3.63) is 64.9 Å². The van der Waals surface area contributed by atoms with Gasteiger partial charge in [0.2, 0.25) is 0 Å². The van der Waals surface area contributed by atoms with E-state index in [1.807, 2.05) is 31.3 Å². The van der Waals surface area contributed by atoms with Gasteiger partial charge in [-0.1, -0.05) is 24.3 Å². The van der Waals surface area contributed by atoms with E-state index in [4.69, 9.17) is 5.73 Å². The fourth-order valence-corrected chi connectivity index (χ4v) is 3.27. The number of aryl methyl sites for hydroxylation is 2. The van der Waals surface area contributed by atoms with Crippen LogP contribution in [0.1, 0.15) is 30.0 Å². The maximum absolute atomic E-state index is 11.5. The van der Waals surface area contributed by atoms with Crippen LogP contribution in [0.5, 0.6) is 0 Å². The Bertz CT molecular complexity index is 773. The Balaban J connectivity index is 2.05. The number of benzene rings is 2. The van der Waals surface area contributed by atoms with Gasteiger partial charge in [0.25, 0.3) is 0 Å². The van der Waals surface area contributed by atoms with E-state index in [9.17, 15) is 4.79 Å². The Morgan fingerprint density at radius 3 is 2.61 bits per heavy atom. The van der Waals surface area contributed by atoms with Gasteiger partial charge in [0.05, 0.1) is 0 Å². The van der Waals surface area contributed by atoms with Gasteiger partial charge < -0.3 is 10.6 Å². The maximum Gasteiger partial charge on any atom is 0.152 e. The molecular formula is C20H22N2O. The minimum Gasteiger partial charge on any atom is -0.402 e. The molecule has 0 saturated heterocycles. The number of rotatable bonds is 4. The Morgan fingerprint density at radius 1 is 1.13 bits per heavy atom. The fourth-order valence-electron chi connectivity index (χ4n) is 3.27. The molecule has 2 aromatic carbocycles. The zero-order valence-electron chi connectivity index (χ0n) is 13.7. The molecule has 1 aliphatic rings. The average molecular weight is 306 g/mol. The van der Waals surface area contributed by atoms with E-state index in [1.54, 1.807) is 6.92 Å². The van der Waals surface area contributed by atoms with E-state index in [0.717, 1.165) is 29.6 Å². The lowest BCUT2D eigenvalue weighted by Gasteiger charge is -2.23. The average Bonchev–Trinajstić information content (AvgIpc) is 3.02. The second kappa shape index (κ2) is 6.29. The van der Waals surface area contributed by atoms with Gasteiger partial charge in [-0.3, -0.25) is 4.79 Å². The Hall–Kier alpha value is -2.55. The van der Waals surface area contributed by atoms with Gasteiger partial charge in [-0.15, -0.1) is 0 Å². The van der Waals surface area contributed by atoms with Crippen molar-refractivity contribution >= 4 is 23.2 Å². The van der Waals surface area contributed by atoms with Crippen LogP contribution in [-0.2, 0) is 17.6 Å². The molecule has 2 aromatic rings. The normalized spacial score (nSPS) is 14.2. The molecule has 0 aromatic heterocycles. The SMILES string of the molecule is C/C(N)=C(/C=O)c1ccccc1N(C)c1ccc2c(c1)CCC2. The van der Waals surface area contributed by atoms with Crippen molar-refractivity contribution in [1.82, 2.24) is 0 Å². The molecule has 0 saturated carbocycles. The van der Waals surface area contributed by atoms with Gasteiger partial charge in [-0.2, -0.15) is 0 Å². The van der Waals surface area contributed by atoms with Crippen LogP contribution in [0.4, 0.5) is 11.4 Å². The van der Waals surface area contributed by atoms with E-state index in [-0.39, 0.29) is 0 Å². The lowest BCUT2D eigenvalue weighted by Crippen LogP contribution is -2.13. The highest BCUT2D eigenvalue weighted by molar-refractivity contribution is 6.10. The molecule has 3 rings (SSSR count). The highest BCUT2D eigenvalue weighted by Gasteiger charge is 2.16. The van der Waals surface area contributed by atoms with Gasteiger partial charge in [-0.05, 0) is 55.5 Å². The van der Waals surface area contributed by atoms with Crippen LogP contribution >= 0.6 is 0 Å². The van der Waals surface area contributed by atoms with Gasteiger partial charge in [-0.25, -0.2) is 0 Å². The lowest BCUT2D eigenvalue weighted by atomic mass is 10.0. The first-order valence-electron chi connectivity index (χ1n) is 7.98. The van der Waals surface area contributed by atoms with Crippen molar-refractivity contribution in [3.63, 3.8) is 0 Å². The molecule has 0 spiro atoms. The van der Waals surface area contributed by atoms with E-state index in [2.05, 4.69) is 23.1 Å². The molecule has 0 amide bonds. The van der Waals surface area contributed by atoms with Gasteiger partial charge in [0.15, 0.2) is 6.29 Å². The molecule has 1 aliphatic carbocycles. The maximum atomic E-state index is 11.5. The number of hydrogen-bond acceptors (Lipinski definition) is 3. The third-order valence-corrected chi connectivity index (χ3v) is 4.57. The monoisotopic (exact) mass is 306 g/mol. The van der Waals surface area contributed by atoms with Crippen LogP contribution in [0.15, 0.2) is 48.2 Å². The molecule has 0 aliphatic heterocycles. The molecular weight excluding hydrogens is 284 g/mol. The summed E-state index contributed by atoms with van der Waals surface area (Å²) in [5.74, 6) is 0. The molecule has 118 valence electrons. The number of nitrogens with two attached hydrogens (primary N) is 1. The quantitative estimate of drug-likeness (QED) is 0.690. The Morgan fingerprint density at radius 2 is 1.87 bits per heavy atom. The number of fused-ring (bicyclic) bond motifs is 1. The summed E-state index contributed by atoms with van der Waals surface area (Å²) < 4.78 is 0. The number of carbonyl (C=O) groups excluding carboxylic acids is 1. The van der Waals surface area contributed by atoms with Gasteiger partial charge in [0.1, 0.15) is 0 Å². The summed E-state index contributed by atoms with van der Waals surface area (Å²) in [4.78, 5) is 13.6. The lowest BCUT2D eigenvalue weighted by molar-refractivity contribution is -0.103. The highest BCUT2D eigenvalue weighted by Crippen LogP contribution is 2.33. The zero-order chi connectivity index (χ0) is 16.4. The molecule has 23 heavy (non-hydrogen) atoms. The number of anilines is 2. The predicted octanol–water partition coefficient (Wildman–Crippen LogP) is 3.83. The Kier molecular flexibility index (Phi) is 4.20. The smallest absolute Gasteiger partial charge is 0.152 e. The third kappa shape index (κ3) is 2.87. The van der Waals surface area contributed by atoms with Crippen molar-refractivity contribution in [2.24, 2.45) is 5.73 Å². The van der Waals surface area contributed by atoms with Crippen LogP contribution < -0.4 is 10.6 Å². The summed E-state index contributed by atoms with van der Waals surface area (Å²) in [7, 11) is 2.03. The first kappa shape index (κ1) is 15.3. The van der Waals surface area contributed by atoms with Crippen molar-refractivity contribution in [1.29, 1.82) is 0 Å². The molecule has 0 radical (unpaired) electrons. The predicted molar refractivity (Wildman–Crippen MR) is 95.8 cm³/mol. The van der Waals surface area contributed by atoms with Crippen LogP contribution in [0.2, 0.25) is 0 Å². The van der Waals surface area contributed by atoms with Crippen molar-refractivity contribution < 1.29 is 4.79 Å². The zero-order valence-corrected chi connectivity index (χ0v) is 13.7. The largest absolute Gasteiger partial charge is 0.402 e. The van der Waals surface area contributed by atoms with Gasteiger partial charge in [0, 0.05) is 35.3 Å². The van der Waals surface area contributed by atoms with Crippen LogP contribution in [-0.4, -0.2) is 13.3 Å². The minimum atomic E-state index is 0.537. The molecule has 3 nitrogen and oxygen atoms in total.